The van der Waals surface area contributed by atoms with E-state index in [9.17, 15) is 0 Å². The van der Waals surface area contributed by atoms with Gasteiger partial charge in [-0.25, -0.2) is 0 Å². The number of ether oxygens (including phenoxy) is 1. The van der Waals surface area contributed by atoms with Crippen molar-refractivity contribution in [3.8, 4) is 0 Å². The number of fused-ring (bicyclic) bond motifs is 2. The molecule has 2 aliphatic rings. The largest absolute Gasteiger partial charge is 0.383 e. The van der Waals surface area contributed by atoms with Gasteiger partial charge in [0.05, 0.1) is 25.0 Å². The molecule has 1 aromatic rings. The number of aromatic nitrogens is 2. The van der Waals surface area contributed by atoms with E-state index >= 15 is 0 Å². The zero-order chi connectivity index (χ0) is 11.7. The van der Waals surface area contributed by atoms with Crippen molar-refractivity contribution in [2.45, 2.75) is 38.3 Å². The predicted octanol–water partition coefficient (Wildman–Crippen LogP) is 2.13. The first kappa shape index (κ1) is 11.1. The molecular formula is C13H21N3O. The number of methoxy groups -OCH3 is 1. The van der Waals surface area contributed by atoms with Gasteiger partial charge in [0.2, 0.25) is 0 Å². The van der Waals surface area contributed by atoms with Gasteiger partial charge in [-0.1, -0.05) is 6.42 Å². The second kappa shape index (κ2) is 4.69. The SMILES string of the molecule is COCCn1cc(NC2CC3CCC2C3)cn1. The molecule has 3 unspecified atom stereocenters. The number of nitrogens with zero attached hydrogens (tertiary/aromatic N) is 2. The Labute approximate surface area is 102 Å². The Morgan fingerprint density at radius 1 is 1.47 bits per heavy atom. The number of nitrogens with one attached hydrogen (secondary N) is 1. The molecule has 0 radical (unpaired) electrons. The van der Waals surface area contributed by atoms with E-state index in [0.717, 1.165) is 25.0 Å². The first-order valence-electron chi connectivity index (χ1n) is 6.63. The Bertz CT molecular complexity index is 376. The average Bonchev–Trinajstić information content (AvgIpc) is 3.02. The van der Waals surface area contributed by atoms with Gasteiger partial charge in [-0.05, 0) is 31.1 Å². The van der Waals surface area contributed by atoms with Crippen LogP contribution >= 0.6 is 0 Å². The van der Waals surface area contributed by atoms with Crippen LogP contribution in [-0.2, 0) is 11.3 Å². The standard InChI is InChI=1S/C13H21N3O/c1-17-5-4-16-9-12(8-14-16)15-13-7-10-2-3-11(13)6-10/h8-11,13,15H,2-7H2,1H3. The third-order valence-electron chi connectivity index (χ3n) is 4.25. The minimum atomic E-state index is 0.689. The fourth-order valence-corrected chi connectivity index (χ4v) is 3.38. The lowest BCUT2D eigenvalue weighted by atomic mass is 9.95. The van der Waals surface area contributed by atoms with E-state index in [1.165, 1.54) is 31.4 Å². The molecule has 2 fully saturated rings. The molecule has 0 amide bonds. The minimum absolute atomic E-state index is 0.689. The molecule has 1 aromatic heterocycles. The van der Waals surface area contributed by atoms with Crippen LogP contribution < -0.4 is 5.32 Å². The lowest BCUT2D eigenvalue weighted by Gasteiger charge is -2.22. The van der Waals surface area contributed by atoms with Gasteiger partial charge < -0.3 is 10.1 Å². The number of hydrogen-bond donors (Lipinski definition) is 1. The van der Waals surface area contributed by atoms with Crippen molar-refractivity contribution in [3.05, 3.63) is 12.4 Å². The van der Waals surface area contributed by atoms with Gasteiger partial charge in [0.1, 0.15) is 0 Å². The molecule has 94 valence electrons. The highest BCUT2D eigenvalue weighted by molar-refractivity contribution is 5.40. The van der Waals surface area contributed by atoms with Gasteiger partial charge in [-0.3, -0.25) is 4.68 Å². The molecule has 3 atom stereocenters. The average molecular weight is 235 g/mol. The topological polar surface area (TPSA) is 39.1 Å². The summed E-state index contributed by atoms with van der Waals surface area (Å²) in [7, 11) is 1.72. The molecule has 3 rings (SSSR count). The van der Waals surface area contributed by atoms with E-state index in [1.807, 2.05) is 10.9 Å². The second-order valence-electron chi connectivity index (χ2n) is 5.41. The first-order chi connectivity index (χ1) is 8.35. The van der Waals surface area contributed by atoms with Crippen molar-refractivity contribution < 1.29 is 4.74 Å². The van der Waals surface area contributed by atoms with Crippen LogP contribution in [0.1, 0.15) is 25.7 Å². The molecule has 4 heteroatoms. The summed E-state index contributed by atoms with van der Waals surface area (Å²) in [6, 6.07) is 0.689. The number of anilines is 1. The van der Waals surface area contributed by atoms with E-state index < -0.39 is 0 Å². The fourth-order valence-electron chi connectivity index (χ4n) is 3.38. The predicted molar refractivity (Wildman–Crippen MR) is 67.0 cm³/mol. The summed E-state index contributed by atoms with van der Waals surface area (Å²) < 4.78 is 6.99. The zero-order valence-electron chi connectivity index (χ0n) is 10.4. The molecular weight excluding hydrogens is 214 g/mol. The summed E-state index contributed by atoms with van der Waals surface area (Å²) in [4.78, 5) is 0. The fraction of sp³-hybridized carbons (Fsp3) is 0.769. The molecule has 4 nitrogen and oxygen atoms in total. The van der Waals surface area contributed by atoms with Crippen LogP contribution in [0.4, 0.5) is 5.69 Å². The third kappa shape index (κ3) is 2.32. The lowest BCUT2D eigenvalue weighted by molar-refractivity contribution is 0.183. The van der Waals surface area contributed by atoms with Crippen LogP contribution in [0.2, 0.25) is 0 Å². The summed E-state index contributed by atoms with van der Waals surface area (Å²) in [5, 5.41) is 7.98. The highest BCUT2D eigenvalue weighted by Crippen LogP contribution is 2.45. The zero-order valence-corrected chi connectivity index (χ0v) is 10.4. The maximum atomic E-state index is 5.05. The van der Waals surface area contributed by atoms with E-state index in [4.69, 9.17) is 4.74 Å². The van der Waals surface area contributed by atoms with E-state index in [2.05, 4.69) is 16.6 Å². The van der Waals surface area contributed by atoms with Crippen LogP contribution in [0.25, 0.3) is 0 Å². The van der Waals surface area contributed by atoms with Crippen molar-refractivity contribution in [1.82, 2.24) is 9.78 Å². The van der Waals surface area contributed by atoms with Crippen molar-refractivity contribution in [2.24, 2.45) is 11.8 Å². The Kier molecular flexibility index (Phi) is 3.05. The van der Waals surface area contributed by atoms with Crippen LogP contribution in [0, 0.1) is 11.8 Å². The molecule has 0 spiro atoms. The molecule has 0 aliphatic heterocycles. The Hall–Kier alpha value is -1.03. The highest BCUT2D eigenvalue weighted by atomic mass is 16.5. The molecule has 2 bridgehead atoms. The summed E-state index contributed by atoms with van der Waals surface area (Å²) in [5.74, 6) is 1.89. The van der Waals surface area contributed by atoms with Crippen LogP contribution in [0.15, 0.2) is 12.4 Å². The van der Waals surface area contributed by atoms with Crippen molar-refractivity contribution in [2.75, 3.05) is 19.0 Å². The van der Waals surface area contributed by atoms with Gasteiger partial charge in [0.15, 0.2) is 0 Å². The third-order valence-corrected chi connectivity index (χ3v) is 4.25. The summed E-state index contributed by atoms with van der Waals surface area (Å²) in [6.07, 6.45) is 9.69. The van der Waals surface area contributed by atoms with E-state index in [-0.39, 0.29) is 0 Å². The van der Waals surface area contributed by atoms with Crippen LogP contribution in [-0.4, -0.2) is 29.5 Å². The molecule has 1 N–H and O–H groups in total. The minimum Gasteiger partial charge on any atom is -0.383 e. The Morgan fingerprint density at radius 3 is 3.12 bits per heavy atom. The molecule has 17 heavy (non-hydrogen) atoms. The highest BCUT2D eigenvalue weighted by Gasteiger charge is 2.39. The maximum absolute atomic E-state index is 5.05. The Balaban J connectivity index is 1.56. The van der Waals surface area contributed by atoms with E-state index in [1.54, 1.807) is 7.11 Å². The monoisotopic (exact) mass is 235 g/mol. The van der Waals surface area contributed by atoms with Gasteiger partial charge in [0.25, 0.3) is 0 Å². The molecule has 0 aromatic carbocycles. The van der Waals surface area contributed by atoms with Crippen molar-refractivity contribution in [1.29, 1.82) is 0 Å². The van der Waals surface area contributed by atoms with Crippen molar-refractivity contribution in [3.63, 3.8) is 0 Å². The Morgan fingerprint density at radius 2 is 2.41 bits per heavy atom. The first-order valence-corrected chi connectivity index (χ1v) is 6.63. The maximum Gasteiger partial charge on any atom is 0.0728 e. The lowest BCUT2D eigenvalue weighted by Crippen LogP contribution is -2.25. The van der Waals surface area contributed by atoms with Gasteiger partial charge in [-0.2, -0.15) is 5.10 Å². The van der Waals surface area contributed by atoms with Gasteiger partial charge in [0, 0.05) is 19.3 Å². The number of rotatable bonds is 5. The van der Waals surface area contributed by atoms with Crippen LogP contribution in [0.5, 0.6) is 0 Å². The second-order valence-corrected chi connectivity index (χ2v) is 5.41. The number of hydrogen-bond acceptors (Lipinski definition) is 3. The molecule has 1 heterocycles. The molecule has 2 saturated carbocycles. The summed E-state index contributed by atoms with van der Waals surface area (Å²) in [5.41, 5.74) is 1.17. The van der Waals surface area contributed by atoms with E-state index in [0.29, 0.717) is 6.04 Å². The quantitative estimate of drug-likeness (QED) is 0.849. The summed E-state index contributed by atoms with van der Waals surface area (Å²) in [6.45, 7) is 1.55. The summed E-state index contributed by atoms with van der Waals surface area (Å²) >= 11 is 0. The van der Waals surface area contributed by atoms with Crippen LogP contribution in [0.3, 0.4) is 0 Å². The van der Waals surface area contributed by atoms with Crippen molar-refractivity contribution >= 4 is 5.69 Å². The smallest absolute Gasteiger partial charge is 0.0728 e. The molecule has 0 saturated heterocycles. The molecule has 2 aliphatic carbocycles. The normalized spacial score (nSPS) is 31.0. The van der Waals surface area contributed by atoms with Gasteiger partial charge >= 0.3 is 0 Å². The van der Waals surface area contributed by atoms with Gasteiger partial charge in [-0.15, -0.1) is 0 Å².